The molecule has 1 aromatic rings. The Kier molecular flexibility index (Phi) is 4.95. The molecule has 0 aromatic heterocycles. The van der Waals surface area contributed by atoms with Crippen LogP contribution >= 0.6 is 0 Å². The van der Waals surface area contributed by atoms with E-state index in [-0.39, 0.29) is 57.1 Å². The minimum absolute atomic E-state index is 0. The van der Waals surface area contributed by atoms with E-state index in [1.807, 2.05) is 0 Å². The molecule has 0 saturated heterocycles. The maximum Gasteiger partial charge on any atom is 1.00 e. The van der Waals surface area contributed by atoms with Crippen LogP contribution < -0.4 is 61.6 Å². The molecule has 0 unspecified atom stereocenters. The molecule has 0 amide bonds. The van der Waals surface area contributed by atoms with Gasteiger partial charge >= 0.3 is 58.4 Å². The first-order chi connectivity index (χ1) is 7.02. The van der Waals surface area contributed by atoms with E-state index < -0.39 is 12.4 Å². The van der Waals surface area contributed by atoms with E-state index in [9.17, 15) is 12.9 Å². The van der Waals surface area contributed by atoms with Gasteiger partial charge in [-0.2, -0.15) is 0 Å². The Labute approximate surface area is 135 Å². The molecule has 0 radical (unpaired) electrons. The van der Waals surface area contributed by atoms with Crippen molar-refractivity contribution in [3.8, 4) is 5.75 Å². The molecule has 1 nitrogen and oxygen atoms in total. The normalized spacial score (nSPS) is 14.2. The first-order valence-corrected chi connectivity index (χ1v) is 4.92. The molecule has 0 heterocycles. The quantitative estimate of drug-likeness (QED) is 0.631. The van der Waals surface area contributed by atoms with Crippen LogP contribution in [-0.4, -0.2) is 14.1 Å². The Morgan fingerprint density at radius 1 is 1.12 bits per heavy atom. The van der Waals surface area contributed by atoms with Crippen LogP contribution in [0.1, 0.15) is 17.5 Å². The molecule has 82 valence electrons. The van der Waals surface area contributed by atoms with Gasteiger partial charge in [-0.15, -0.1) is 0 Å². The second-order valence-electron chi connectivity index (χ2n) is 3.79. The third-order valence-electron chi connectivity index (χ3n) is 2.80. The predicted octanol–water partition coefficient (Wildman–Crippen LogP) is -0.758. The molecular weight excluding hydrogens is 243 g/mol. The van der Waals surface area contributed by atoms with Crippen molar-refractivity contribution in [3.63, 3.8) is 0 Å². The SMILES string of the molecule is COc1cc2c(cc1[B-](F)(F)F)CCC2.[K+]. The van der Waals surface area contributed by atoms with Crippen molar-refractivity contribution in [2.75, 3.05) is 7.11 Å². The van der Waals surface area contributed by atoms with Gasteiger partial charge in [0.15, 0.2) is 0 Å². The smallest absolute Gasteiger partial charge is 0.500 e. The second kappa shape index (κ2) is 5.44. The van der Waals surface area contributed by atoms with Crippen LogP contribution in [0.5, 0.6) is 5.75 Å². The number of hydrogen-bond acceptors (Lipinski definition) is 1. The number of fused-ring (bicyclic) bond motifs is 1. The number of methoxy groups -OCH3 is 1. The molecular formula is C10H11BF3KO. The number of rotatable bonds is 2. The van der Waals surface area contributed by atoms with Gasteiger partial charge in [-0.05, 0) is 36.5 Å². The maximum atomic E-state index is 12.7. The summed E-state index contributed by atoms with van der Waals surface area (Å²) in [5.41, 5.74) is 1.22. The van der Waals surface area contributed by atoms with Crippen LogP contribution in [0.3, 0.4) is 0 Å². The molecule has 1 aliphatic carbocycles. The predicted molar refractivity (Wildman–Crippen MR) is 53.7 cm³/mol. The molecule has 0 aliphatic heterocycles. The zero-order chi connectivity index (χ0) is 11.1. The summed E-state index contributed by atoms with van der Waals surface area (Å²) in [6, 6.07) is 2.79. The fourth-order valence-corrected chi connectivity index (χ4v) is 2.05. The number of hydrogen-bond donors (Lipinski definition) is 0. The number of halogens is 3. The van der Waals surface area contributed by atoms with Crippen LogP contribution in [0.15, 0.2) is 12.1 Å². The zero-order valence-electron chi connectivity index (χ0n) is 9.40. The fourth-order valence-electron chi connectivity index (χ4n) is 2.05. The van der Waals surface area contributed by atoms with E-state index in [4.69, 9.17) is 4.74 Å². The third kappa shape index (κ3) is 2.85. The van der Waals surface area contributed by atoms with Crippen molar-refractivity contribution in [1.29, 1.82) is 0 Å². The van der Waals surface area contributed by atoms with E-state index in [1.54, 1.807) is 0 Å². The Morgan fingerprint density at radius 3 is 2.19 bits per heavy atom. The number of benzene rings is 1. The Balaban J connectivity index is 0.00000128. The minimum Gasteiger partial charge on any atom is -0.500 e. The number of ether oxygens (including phenoxy) is 1. The van der Waals surface area contributed by atoms with Crippen molar-refractivity contribution in [2.24, 2.45) is 0 Å². The van der Waals surface area contributed by atoms with Gasteiger partial charge in [0.1, 0.15) is 0 Å². The van der Waals surface area contributed by atoms with Gasteiger partial charge in [-0.25, -0.2) is 0 Å². The third-order valence-corrected chi connectivity index (χ3v) is 2.80. The topological polar surface area (TPSA) is 9.23 Å². The molecule has 1 aromatic carbocycles. The van der Waals surface area contributed by atoms with Gasteiger partial charge in [0, 0.05) is 0 Å². The second-order valence-corrected chi connectivity index (χ2v) is 3.79. The maximum absolute atomic E-state index is 12.7. The van der Waals surface area contributed by atoms with Crippen molar-refractivity contribution >= 4 is 12.4 Å². The minimum atomic E-state index is -4.98. The Hall–Kier alpha value is 0.511. The summed E-state index contributed by atoms with van der Waals surface area (Å²) in [7, 11) is 1.28. The molecule has 0 spiro atoms. The summed E-state index contributed by atoms with van der Waals surface area (Å²) in [4.78, 5) is 0. The first-order valence-electron chi connectivity index (χ1n) is 4.92. The molecule has 0 fully saturated rings. The van der Waals surface area contributed by atoms with Crippen molar-refractivity contribution < 1.29 is 69.1 Å². The average molecular weight is 254 g/mol. The van der Waals surface area contributed by atoms with Crippen LogP contribution in [0.2, 0.25) is 0 Å². The van der Waals surface area contributed by atoms with Gasteiger partial charge in [0.25, 0.3) is 0 Å². The Morgan fingerprint density at radius 2 is 1.69 bits per heavy atom. The molecule has 0 bridgehead atoms. The molecule has 6 heteroatoms. The molecule has 16 heavy (non-hydrogen) atoms. The van der Waals surface area contributed by atoms with Gasteiger partial charge in [0.05, 0.1) is 12.9 Å². The van der Waals surface area contributed by atoms with Crippen LogP contribution in [0, 0.1) is 0 Å². The Bertz CT molecular complexity index is 392. The molecule has 0 N–H and O–H groups in total. The fraction of sp³-hybridized carbons (Fsp3) is 0.400. The molecule has 0 atom stereocenters. The van der Waals surface area contributed by atoms with Gasteiger partial charge in [-0.3, -0.25) is 0 Å². The van der Waals surface area contributed by atoms with Crippen molar-refractivity contribution in [3.05, 3.63) is 23.3 Å². The molecule has 2 rings (SSSR count). The summed E-state index contributed by atoms with van der Waals surface area (Å²) in [5, 5.41) is 0. The summed E-state index contributed by atoms with van der Waals surface area (Å²) in [5.74, 6) is -0.0387. The standard InChI is InChI=1S/C10H11BF3O.K/c1-15-10-6-8-4-2-3-7(8)5-9(10)11(12,13)14;/h5-6H,2-4H2,1H3;/q-1;+1. The van der Waals surface area contributed by atoms with Crippen LogP contribution in [0.25, 0.3) is 0 Å². The monoisotopic (exact) mass is 254 g/mol. The summed E-state index contributed by atoms with van der Waals surface area (Å²) >= 11 is 0. The van der Waals surface area contributed by atoms with E-state index in [1.165, 1.54) is 19.2 Å². The average Bonchev–Trinajstić information content (AvgIpc) is 2.60. The van der Waals surface area contributed by atoms with Crippen LogP contribution in [-0.2, 0) is 12.8 Å². The zero-order valence-corrected chi connectivity index (χ0v) is 12.5. The summed E-state index contributed by atoms with van der Waals surface area (Å²) in [6.45, 7) is -4.98. The number of aryl methyl sites for hydroxylation is 2. The van der Waals surface area contributed by atoms with E-state index in [0.29, 0.717) is 0 Å². The summed E-state index contributed by atoms with van der Waals surface area (Å²) in [6.07, 6.45) is 2.54. The summed E-state index contributed by atoms with van der Waals surface area (Å²) < 4.78 is 42.9. The first kappa shape index (κ1) is 14.6. The van der Waals surface area contributed by atoms with E-state index >= 15 is 0 Å². The van der Waals surface area contributed by atoms with Crippen molar-refractivity contribution in [1.82, 2.24) is 0 Å². The van der Waals surface area contributed by atoms with E-state index in [0.717, 1.165) is 30.4 Å². The van der Waals surface area contributed by atoms with Gasteiger partial charge in [-0.1, -0.05) is 11.5 Å². The van der Waals surface area contributed by atoms with Crippen LogP contribution in [0.4, 0.5) is 12.9 Å². The van der Waals surface area contributed by atoms with Gasteiger partial charge < -0.3 is 17.7 Å². The van der Waals surface area contributed by atoms with Gasteiger partial charge in [0.2, 0.25) is 0 Å². The molecule has 0 saturated carbocycles. The molecule has 1 aliphatic rings. The van der Waals surface area contributed by atoms with E-state index in [2.05, 4.69) is 0 Å². The largest absolute Gasteiger partial charge is 1.00 e. The van der Waals surface area contributed by atoms with Crippen molar-refractivity contribution in [2.45, 2.75) is 19.3 Å².